The van der Waals surface area contributed by atoms with Gasteiger partial charge in [-0.2, -0.15) is 0 Å². The molecule has 0 radical (unpaired) electrons. The zero-order valence-corrected chi connectivity index (χ0v) is 23.7. The molecule has 4 rings (SSSR count). The number of hydrogen-bond donors (Lipinski definition) is 2. The third kappa shape index (κ3) is 6.28. The molecule has 2 amide bonds. The molecule has 2 N–H and O–H groups in total. The van der Waals surface area contributed by atoms with Gasteiger partial charge >= 0.3 is 5.97 Å². The van der Waals surface area contributed by atoms with Gasteiger partial charge in [0.2, 0.25) is 0 Å². The summed E-state index contributed by atoms with van der Waals surface area (Å²) in [5.74, 6) is -2.65. The first kappa shape index (κ1) is 29.0. The van der Waals surface area contributed by atoms with Crippen LogP contribution < -0.4 is 0 Å². The summed E-state index contributed by atoms with van der Waals surface area (Å²) in [7, 11) is 0. The Hall–Kier alpha value is -2.96. The lowest BCUT2D eigenvalue weighted by molar-refractivity contribution is -0.197. The van der Waals surface area contributed by atoms with Gasteiger partial charge in [0.25, 0.3) is 11.8 Å². The number of carbonyl (C=O) groups excluding carboxylic acids is 3. The first-order chi connectivity index (χ1) is 18.7. The van der Waals surface area contributed by atoms with Crippen LogP contribution in [0.1, 0.15) is 35.1 Å². The number of amides is 2. The lowest BCUT2D eigenvalue weighted by Gasteiger charge is -2.30. The molecule has 0 aliphatic carbocycles. The zero-order chi connectivity index (χ0) is 28.2. The number of thioether (sulfide) groups is 2. The molecule has 3 aromatic rings. The van der Waals surface area contributed by atoms with E-state index in [9.17, 15) is 23.7 Å². The summed E-state index contributed by atoms with van der Waals surface area (Å²) in [5.41, 5.74) is 1.46. The fourth-order valence-electron chi connectivity index (χ4n) is 4.31. The van der Waals surface area contributed by atoms with Crippen LogP contribution in [-0.4, -0.2) is 54.5 Å². The Balaban J connectivity index is 1.51. The molecular weight excluding hydrogens is 559 g/mol. The van der Waals surface area contributed by atoms with E-state index >= 15 is 0 Å². The van der Waals surface area contributed by atoms with Crippen LogP contribution in [-0.2, 0) is 42.3 Å². The SMILES string of the molecule is CSc1ccc(C(O)(c2ccc(CCC(=O)ON3C(=O)CC(S(=O)O)C3=O)cc2)c2ccc(SC)cc2)cc1. The van der Waals surface area contributed by atoms with E-state index in [0.717, 1.165) is 26.5 Å². The average molecular weight is 586 g/mol. The van der Waals surface area contributed by atoms with Crippen molar-refractivity contribution in [1.82, 2.24) is 5.06 Å². The van der Waals surface area contributed by atoms with Crippen LogP contribution in [0.2, 0.25) is 0 Å². The molecule has 0 aromatic heterocycles. The molecule has 0 bridgehead atoms. The smallest absolute Gasteiger partial charge is 0.333 e. The number of hydroxylamine groups is 2. The third-order valence-corrected chi connectivity index (χ3v) is 8.85. The molecule has 204 valence electrons. The summed E-state index contributed by atoms with van der Waals surface area (Å²) >= 11 is 0.709. The van der Waals surface area contributed by atoms with Crippen molar-refractivity contribution in [2.24, 2.45) is 0 Å². The number of aryl methyl sites for hydroxylation is 1. The van der Waals surface area contributed by atoms with Crippen molar-refractivity contribution in [1.29, 1.82) is 0 Å². The number of imide groups is 1. The van der Waals surface area contributed by atoms with E-state index in [4.69, 9.17) is 9.39 Å². The molecule has 39 heavy (non-hydrogen) atoms. The van der Waals surface area contributed by atoms with Crippen molar-refractivity contribution in [2.45, 2.75) is 39.9 Å². The largest absolute Gasteiger partial charge is 0.376 e. The van der Waals surface area contributed by atoms with Gasteiger partial charge in [0.1, 0.15) is 5.60 Å². The summed E-state index contributed by atoms with van der Waals surface area (Å²) in [4.78, 5) is 43.3. The second-order valence-electron chi connectivity index (χ2n) is 8.82. The third-order valence-electron chi connectivity index (χ3n) is 6.50. The van der Waals surface area contributed by atoms with Crippen LogP contribution in [0.5, 0.6) is 0 Å². The molecule has 1 aliphatic rings. The van der Waals surface area contributed by atoms with Gasteiger partial charge in [0.15, 0.2) is 16.3 Å². The van der Waals surface area contributed by atoms with Gasteiger partial charge in [-0.15, -0.1) is 28.6 Å². The predicted octanol–water partition coefficient (Wildman–Crippen LogP) is 4.15. The Morgan fingerprint density at radius 3 is 1.79 bits per heavy atom. The van der Waals surface area contributed by atoms with E-state index in [-0.39, 0.29) is 17.9 Å². The Morgan fingerprint density at radius 1 is 0.923 bits per heavy atom. The quantitative estimate of drug-likeness (QED) is 0.156. The molecule has 1 aliphatic heterocycles. The van der Waals surface area contributed by atoms with Gasteiger partial charge < -0.3 is 14.5 Å². The number of hydrogen-bond acceptors (Lipinski definition) is 8. The van der Waals surface area contributed by atoms with Crippen LogP contribution in [0.4, 0.5) is 0 Å². The lowest BCUT2D eigenvalue weighted by Crippen LogP contribution is -2.35. The molecule has 0 spiro atoms. The Kier molecular flexibility index (Phi) is 9.29. The second-order valence-corrected chi connectivity index (χ2v) is 11.7. The highest BCUT2D eigenvalue weighted by Crippen LogP contribution is 2.38. The Labute approximate surface area is 237 Å². The van der Waals surface area contributed by atoms with Crippen molar-refractivity contribution in [2.75, 3.05) is 12.5 Å². The number of carbonyl (C=O) groups is 3. The highest BCUT2D eigenvalue weighted by Gasteiger charge is 2.45. The maximum Gasteiger partial charge on any atom is 0.333 e. The van der Waals surface area contributed by atoms with Crippen LogP contribution in [0.25, 0.3) is 0 Å². The van der Waals surface area contributed by atoms with E-state index in [0.29, 0.717) is 5.56 Å². The van der Waals surface area contributed by atoms with Crippen LogP contribution in [0.15, 0.2) is 82.6 Å². The number of aliphatic hydroxyl groups is 1. The molecule has 2 unspecified atom stereocenters. The fraction of sp³-hybridized carbons (Fsp3) is 0.250. The molecule has 8 nitrogen and oxygen atoms in total. The van der Waals surface area contributed by atoms with E-state index < -0.39 is 46.1 Å². The highest BCUT2D eigenvalue weighted by atomic mass is 32.2. The van der Waals surface area contributed by atoms with E-state index in [1.165, 1.54) is 0 Å². The zero-order valence-electron chi connectivity index (χ0n) is 21.2. The van der Waals surface area contributed by atoms with Crippen molar-refractivity contribution >= 4 is 52.4 Å². The monoisotopic (exact) mass is 585 g/mol. The van der Waals surface area contributed by atoms with Gasteiger partial charge in [0.05, 0.1) is 12.8 Å². The summed E-state index contributed by atoms with van der Waals surface area (Å²) in [6, 6.07) is 22.7. The highest BCUT2D eigenvalue weighted by molar-refractivity contribution is 7.98. The molecule has 1 fully saturated rings. The van der Waals surface area contributed by atoms with Crippen molar-refractivity contribution in [3.8, 4) is 0 Å². The molecule has 0 saturated carbocycles. The fourth-order valence-corrected chi connectivity index (χ4v) is 5.68. The van der Waals surface area contributed by atoms with Crippen LogP contribution >= 0.6 is 23.5 Å². The molecular formula is C28H27NO7S3. The lowest BCUT2D eigenvalue weighted by atomic mass is 9.80. The maximum atomic E-state index is 12.3. The number of nitrogens with zero attached hydrogens (tertiary/aromatic N) is 1. The minimum absolute atomic E-state index is 0.125. The summed E-state index contributed by atoms with van der Waals surface area (Å²) in [6.07, 6.45) is 3.63. The predicted molar refractivity (Wildman–Crippen MR) is 150 cm³/mol. The van der Waals surface area contributed by atoms with E-state index in [1.54, 1.807) is 47.8 Å². The first-order valence-corrected chi connectivity index (χ1v) is 15.6. The van der Waals surface area contributed by atoms with Gasteiger partial charge in [-0.25, -0.2) is 9.00 Å². The van der Waals surface area contributed by atoms with Gasteiger partial charge in [0, 0.05) is 9.79 Å². The summed E-state index contributed by atoms with van der Waals surface area (Å²) < 4.78 is 20.3. The first-order valence-electron chi connectivity index (χ1n) is 12.0. The second kappa shape index (κ2) is 12.5. The minimum atomic E-state index is -2.53. The molecule has 3 aromatic carbocycles. The van der Waals surface area contributed by atoms with Crippen molar-refractivity contribution in [3.05, 3.63) is 95.1 Å². The number of rotatable bonds is 10. The van der Waals surface area contributed by atoms with Crippen LogP contribution in [0, 0.1) is 0 Å². The number of benzene rings is 3. The maximum absolute atomic E-state index is 12.3. The van der Waals surface area contributed by atoms with E-state index in [2.05, 4.69) is 0 Å². The van der Waals surface area contributed by atoms with Crippen molar-refractivity contribution < 1.29 is 33.1 Å². The van der Waals surface area contributed by atoms with E-state index in [1.807, 2.05) is 61.0 Å². The normalized spacial score (nSPS) is 16.4. The average Bonchev–Trinajstić information content (AvgIpc) is 3.24. The summed E-state index contributed by atoms with van der Waals surface area (Å²) in [5, 5.41) is 11.0. The molecule has 1 saturated heterocycles. The molecule has 11 heteroatoms. The van der Waals surface area contributed by atoms with Crippen LogP contribution in [0.3, 0.4) is 0 Å². The summed E-state index contributed by atoms with van der Waals surface area (Å²) in [6.45, 7) is 0. The van der Waals surface area contributed by atoms with Gasteiger partial charge in [-0.3, -0.25) is 9.59 Å². The standard InChI is InChI=1S/C28H27NO7S3/c1-37-22-12-8-20(9-13-22)28(33,21-10-14-23(38-2)15-11-21)19-6-3-18(4-7-19)5-16-26(31)36-29-25(30)17-24(27(29)32)39(34)35/h3-4,6-15,24,33H,5,16-17H2,1-2H3,(H,34,35). The van der Waals surface area contributed by atoms with Gasteiger partial charge in [-0.05, 0) is 65.5 Å². The topological polar surface area (TPSA) is 121 Å². The molecule has 2 atom stereocenters. The molecule has 1 heterocycles. The Bertz CT molecular complexity index is 1330. The van der Waals surface area contributed by atoms with Crippen molar-refractivity contribution in [3.63, 3.8) is 0 Å². The minimum Gasteiger partial charge on any atom is -0.376 e. The van der Waals surface area contributed by atoms with Gasteiger partial charge in [-0.1, -0.05) is 48.5 Å². The Morgan fingerprint density at radius 2 is 1.38 bits per heavy atom.